The van der Waals surface area contributed by atoms with E-state index >= 15 is 0 Å². The summed E-state index contributed by atoms with van der Waals surface area (Å²) in [6.45, 7) is 2.05. The average Bonchev–Trinajstić information content (AvgIpc) is 3.39. The summed E-state index contributed by atoms with van der Waals surface area (Å²) in [6.07, 6.45) is 2.18. The SMILES string of the molecule is CCc1ccc(NC(=O)COc2ccc(Cl)cc2/C=N\NC(=O)C(=O)NCc2ccc3c(c2)OCO3)cc1. The number of nitrogens with zero attached hydrogens (tertiary/aromatic N) is 1. The van der Waals surface area contributed by atoms with Crippen LogP contribution in [0.25, 0.3) is 0 Å². The molecule has 3 aromatic carbocycles. The number of hydrogen-bond acceptors (Lipinski definition) is 7. The molecule has 3 amide bonds. The van der Waals surface area contributed by atoms with E-state index in [9.17, 15) is 14.4 Å². The van der Waals surface area contributed by atoms with Gasteiger partial charge in [0.25, 0.3) is 5.91 Å². The summed E-state index contributed by atoms with van der Waals surface area (Å²) >= 11 is 6.07. The van der Waals surface area contributed by atoms with Crippen molar-refractivity contribution >= 4 is 41.2 Å². The third kappa shape index (κ3) is 7.23. The van der Waals surface area contributed by atoms with Gasteiger partial charge in [0.15, 0.2) is 18.1 Å². The summed E-state index contributed by atoms with van der Waals surface area (Å²) in [5.41, 5.74) is 5.12. The van der Waals surface area contributed by atoms with Crippen LogP contribution in [0.2, 0.25) is 5.02 Å². The van der Waals surface area contributed by atoms with E-state index in [-0.39, 0.29) is 25.9 Å². The van der Waals surface area contributed by atoms with Crippen LogP contribution in [0.3, 0.4) is 0 Å². The fraction of sp³-hybridized carbons (Fsp3) is 0.185. The largest absolute Gasteiger partial charge is 0.483 e. The molecule has 0 radical (unpaired) electrons. The van der Waals surface area contributed by atoms with E-state index in [4.69, 9.17) is 25.8 Å². The van der Waals surface area contributed by atoms with Crippen molar-refractivity contribution in [2.75, 3.05) is 18.7 Å². The molecule has 0 aliphatic carbocycles. The van der Waals surface area contributed by atoms with Gasteiger partial charge in [-0.3, -0.25) is 14.4 Å². The predicted molar refractivity (Wildman–Crippen MR) is 142 cm³/mol. The van der Waals surface area contributed by atoms with E-state index in [1.807, 2.05) is 24.3 Å². The van der Waals surface area contributed by atoms with Gasteiger partial charge in [0, 0.05) is 22.8 Å². The summed E-state index contributed by atoms with van der Waals surface area (Å²) in [7, 11) is 0. The van der Waals surface area contributed by atoms with Crippen molar-refractivity contribution in [2.45, 2.75) is 19.9 Å². The zero-order chi connectivity index (χ0) is 26.9. The van der Waals surface area contributed by atoms with Crippen molar-refractivity contribution < 1.29 is 28.6 Å². The molecule has 0 aromatic heterocycles. The molecule has 0 fully saturated rings. The number of fused-ring (bicyclic) bond motifs is 1. The van der Waals surface area contributed by atoms with Crippen molar-refractivity contribution in [1.29, 1.82) is 0 Å². The summed E-state index contributed by atoms with van der Waals surface area (Å²) in [5.74, 6) is -0.658. The van der Waals surface area contributed by atoms with Gasteiger partial charge in [0.1, 0.15) is 5.75 Å². The first-order valence-electron chi connectivity index (χ1n) is 11.7. The zero-order valence-electron chi connectivity index (χ0n) is 20.5. The molecule has 0 saturated carbocycles. The highest BCUT2D eigenvalue weighted by atomic mass is 35.5. The number of benzene rings is 3. The van der Waals surface area contributed by atoms with Crippen molar-refractivity contribution in [3.8, 4) is 17.2 Å². The molecule has 0 atom stereocenters. The molecule has 196 valence electrons. The minimum atomic E-state index is -0.958. The zero-order valence-corrected chi connectivity index (χ0v) is 21.2. The van der Waals surface area contributed by atoms with E-state index < -0.39 is 11.8 Å². The Bertz CT molecular complexity index is 1360. The fourth-order valence-electron chi connectivity index (χ4n) is 3.44. The number of hydrazone groups is 1. The van der Waals surface area contributed by atoms with Crippen LogP contribution in [0, 0.1) is 0 Å². The van der Waals surface area contributed by atoms with Gasteiger partial charge in [0.05, 0.1) is 6.21 Å². The topological polar surface area (TPSA) is 127 Å². The number of carbonyl (C=O) groups is 3. The Labute approximate surface area is 223 Å². The quantitative estimate of drug-likeness (QED) is 0.218. The number of nitrogens with one attached hydrogen (secondary N) is 3. The molecule has 0 unspecified atom stereocenters. The Morgan fingerprint density at radius 1 is 0.974 bits per heavy atom. The van der Waals surface area contributed by atoms with Gasteiger partial charge in [-0.15, -0.1) is 0 Å². The Morgan fingerprint density at radius 2 is 1.74 bits per heavy atom. The van der Waals surface area contributed by atoms with Crippen LogP contribution in [0.4, 0.5) is 5.69 Å². The number of ether oxygens (including phenoxy) is 3. The summed E-state index contributed by atoms with van der Waals surface area (Å²) in [6, 6.07) is 17.5. The number of rotatable bonds is 9. The van der Waals surface area contributed by atoms with Crippen molar-refractivity contribution in [3.05, 3.63) is 82.4 Å². The van der Waals surface area contributed by atoms with Gasteiger partial charge in [-0.1, -0.05) is 36.7 Å². The van der Waals surface area contributed by atoms with Crippen LogP contribution in [-0.4, -0.2) is 37.3 Å². The second kappa shape index (κ2) is 12.6. The van der Waals surface area contributed by atoms with E-state index in [2.05, 4.69) is 28.1 Å². The monoisotopic (exact) mass is 536 g/mol. The van der Waals surface area contributed by atoms with Crippen LogP contribution < -0.4 is 30.3 Å². The lowest BCUT2D eigenvalue weighted by molar-refractivity contribution is -0.139. The second-order valence-electron chi connectivity index (χ2n) is 8.14. The van der Waals surface area contributed by atoms with Crippen LogP contribution in [0.5, 0.6) is 17.2 Å². The van der Waals surface area contributed by atoms with Gasteiger partial charge in [-0.05, 0) is 60.0 Å². The maximum Gasteiger partial charge on any atom is 0.329 e. The summed E-state index contributed by atoms with van der Waals surface area (Å²) in [5, 5.41) is 9.48. The number of halogens is 1. The number of aryl methyl sites for hydroxylation is 1. The first-order valence-corrected chi connectivity index (χ1v) is 12.1. The molecule has 0 bridgehead atoms. The minimum absolute atomic E-state index is 0.115. The van der Waals surface area contributed by atoms with Gasteiger partial charge in [-0.2, -0.15) is 5.10 Å². The van der Waals surface area contributed by atoms with Crippen molar-refractivity contribution in [3.63, 3.8) is 0 Å². The normalized spacial score (nSPS) is 11.7. The Kier molecular flexibility index (Phi) is 8.78. The average molecular weight is 537 g/mol. The maximum absolute atomic E-state index is 12.3. The molecule has 38 heavy (non-hydrogen) atoms. The molecule has 11 heteroatoms. The van der Waals surface area contributed by atoms with Gasteiger partial charge in [-0.25, -0.2) is 5.43 Å². The molecule has 0 saturated heterocycles. The molecule has 3 N–H and O–H groups in total. The first-order chi connectivity index (χ1) is 18.4. The number of carbonyl (C=O) groups excluding carboxylic acids is 3. The number of amides is 3. The lowest BCUT2D eigenvalue weighted by atomic mass is 10.1. The molecular weight excluding hydrogens is 512 g/mol. The highest BCUT2D eigenvalue weighted by molar-refractivity contribution is 6.35. The van der Waals surface area contributed by atoms with Crippen LogP contribution in [-0.2, 0) is 27.3 Å². The van der Waals surface area contributed by atoms with Crippen molar-refractivity contribution in [2.24, 2.45) is 5.10 Å². The van der Waals surface area contributed by atoms with E-state index in [0.717, 1.165) is 12.0 Å². The number of hydrogen-bond donors (Lipinski definition) is 3. The highest BCUT2D eigenvalue weighted by Crippen LogP contribution is 2.32. The van der Waals surface area contributed by atoms with Crippen molar-refractivity contribution in [1.82, 2.24) is 10.7 Å². The van der Waals surface area contributed by atoms with Crippen LogP contribution in [0.15, 0.2) is 65.8 Å². The number of anilines is 1. The molecule has 1 heterocycles. The van der Waals surface area contributed by atoms with Gasteiger partial charge in [0.2, 0.25) is 6.79 Å². The van der Waals surface area contributed by atoms with E-state index in [0.29, 0.717) is 33.5 Å². The third-order valence-electron chi connectivity index (χ3n) is 5.44. The highest BCUT2D eigenvalue weighted by Gasteiger charge is 2.16. The molecule has 1 aliphatic heterocycles. The summed E-state index contributed by atoms with van der Waals surface area (Å²) < 4.78 is 16.2. The van der Waals surface area contributed by atoms with Crippen LogP contribution >= 0.6 is 11.6 Å². The molecule has 3 aromatic rings. The molecule has 0 spiro atoms. The van der Waals surface area contributed by atoms with Gasteiger partial charge >= 0.3 is 11.8 Å². The Balaban J connectivity index is 1.27. The molecule has 4 rings (SSSR count). The standard InChI is InChI=1S/C27H25ClN4O6/c1-2-17-3-7-21(8-4-17)31-25(33)15-36-22-10-6-20(28)12-19(22)14-30-32-27(35)26(34)29-13-18-5-9-23-24(11-18)38-16-37-23/h3-12,14H,2,13,15-16H2,1H3,(H,29,34)(H,31,33)(H,32,35)/b30-14-. The lowest BCUT2D eigenvalue weighted by Gasteiger charge is -2.10. The Morgan fingerprint density at radius 3 is 2.53 bits per heavy atom. The first kappa shape index (κ1) is 26.5. The second-order valence-corrected chi connectivity index (χ2v) is 8.58. The maximum atomic E-state index is 12.3. The van der Waals surface area contributed by atoms with E-state index in [1.54, 1.807) is 36.4 Å². The van der Waals surface area contributed by atoms with Gasteiger partial charge < -0.3 is 24.8 Å². The minimum Gasteiger partial charge on any atom is -0.483 e. The van der Waals surface area contributed by atoms with Crippen LogP contribution in [0.1, 0.15) is 23.6 Å². The molecule has 1 aliphatic rings. The lowest BCUT2D eigenvalue weighted by Crippen LogP contribution is -2.37. The molecule has 10 nitrogen and oxygen atoms in total. The molecular formula is C27H25ClN4O6. The predicted octanol–water partition coefficient (Wildman–Crippen LogP) is 3.42. The summed E-state index contributed by atoms with van der Waals surface area (Å²) in [4.78, 5) is 36.6. The fourth-order valence-corrected chi connectivity index (χ4v) is 3.62. The third-order valence-corrected chi connectivity index (χ3v) is 5.68. The van der Waals surface area contributed by atoms with E-state index in [1.165, 1.54) is 11.8 Å². The smallest absolute Gasteiger partial charge is 0.329 e. The Hall–Kier alpha value is -4.57.